The van der Waals surface area contributed by atoms with E-state index in [0.717, 1.165) is 11.8 Å². The second-order valence-electron chi connectivity index (χ2n) is 7.13. The molecule has 1 amide bonds. The maximum Gasteiger partial charge on any atom is 0.344 e. The summed E-state index contributed by atoms with van der Waals surface area (Å²) in [5.74, 6) is -1.47. The number of methoxy groups -OCH3 is 1. The maximum atomic E-state index is 13.9. The van der Waals surface area contributed by atoms with Crippen molar-refractivity contribution in [3.05, 3.63) is 74.6 Å². The topological polar surface area (TPSA) is 94.4 Å². The van der Waals surface area contributed by atoms with Crippen LogP contribution in [0.5, 0.6) is 11.5 Å². The predicted molar refractivity (Wildman–Crippen MR) is 133 cm³/mol. The first-order chi connectivity index (χ1) is 16.8. The molecule has 1 aliphatic rings. The van der Waals surface area contributed by atoms with E-state index in [1.54, 1.807) is 50.3 Å². The van der Waals surface area contributed by atoms with Crippen LogP contribution in [0.2, 0.25) is 5.02 Å². The summed E-state index contributed by atoms with van der Waals surface area (Å²) in [7, 11) is 1.43. The van der Waals surface area contributed by atoms with Crippen molar-refractivity contribution < 1.29 is 33.3 Å². The summed E-state index contributed by atoms with van der Waals surface area (Å²) in [4.78, 5) is 28.5. The Morgan fingerprint density at radius 3 is 2.63 bits per heavy atom. The van der Waals surface area contributed by atoms with E-state index in [-0.39, 0.29) is 57.4 Å². The number of halogens is 2. The van der Waals surface area contributed by atoms with Crippen LogP contribution < -0.4 is 9.47 Å². The van der Waals surface area contributed by atoms with E-state index in [0.29, 0.717) is 11.1 Å². The summed E-state index contributed by atoms with van der Waals surface area (Å²) in [6.07, 6.45) is 1.70. The molecule has 1 aliphatic heterocycles. The second kappa shape index (κ2) is 11.9. The third-order valence-electron chi connectivity index (χ3n) is 4.78. The Morgan fingerprint density at radius 2 is 1.97 bits per heavy atom. The lowest BCUT2D eigenvalue weighted by molar-refractivity contribution is -0.138. The van der Waals surface area contributed by atoms with Gasteiger partial charge in [-0.05, 0) is 36.8 Å². The van der Waals surface area contributed by atoms with E-state index >= 15 is 0 Å². The highest BCUT2D eigenvalue weighted by atomic mass is 35.5. The Kier molecular flexibility index (Phi) is 8.95. The first kappa shape index (κ1) is 26.3. The van der Waals surface area contributed by atoms with Crippen LogP contribution in [0.3, 0.4) is 0 Å². The van der Waals surface area contributed by atoms with Crippen molar-refractivity contribution in [3.63, 3.8) is 0 Å². The lowest BCUT2D eigenvalue weighted by Gasteiger charge is -2.14. The van der Waals surface area contributed by atoms with Gasteiger partial charge in [0.1, 0.15) is 28.8 Å². The highest BCUT2D eigenvalue weighted by molar-refractivity contribution is 8.18. The van der Waals surface area contributed by atoms with Gasteiger partial charge in [-0.25, -0.2) is 14.2 Å². The molecule has 1 heterocycles. The molecule has 0 spiro atoms. The fourth-order valence-corrected chi connectivity index (χ4v) is 4.37. The van der Waals surface area contributed by atoms with Crippen molar-refractivity contribution in [2.24, 2.45) is 4.99 Å². The van der Waals surface area contributed by atoms with Gasteiger partial charge in [0.2, 0.25) is 5.91 Å². The summed E-state index contributed by atoms with van der Waals surface area (Å²) in [5.41, 5.74) is 0.701. The van der Waals surface area contributed by atoms with Gasteiger partial charge >= 0.3 is 5.97 Å². The number of nitrogens with zero attached hydrogens (tertiary/aromatic N) is 1. The number of aliphatic hydroxyl groups excluding tert-OH is 1. The fraction of sp³-hybridized carbons (Fsp3) is 0.240. The minimum atomic E-state index is -0.781. The number of rotatable bonds is 8. The van der Waals surface area contributed by atoms with Crippen molar-refractivity contribution in [2.45, 2.75) is 26.9 Å². The number of esters is 1. The molecule has 0 bridgehead atoms. The third kappa shape index (κ3) is 6.23. The summed E-state index contributed by atoms with van der Waals surface area (Å²) in [5, 5.41) is 11.0. The van der Waals surface area contributed by atoms with Gasteiger partial charge in [-0.2, -0.15) is 0 Å². The first-order valence-corrected chi connectivity index (χ1v) is 11.8. The molecule has 7 nitrogen and oxygen atoms in total. The predicted octanol–water partition coefficient (Wildman–Crippen LogP) is 5.86. The summed E-state index contributed by atoms with van der Waals surface area (Å²) in [6.45, 7) is 3.30. The SMILES string of the molecule is CCOC(=O)C1=C(O)/C(=C/c2cc(Cl)c(OCc3ccccc3F)c(OC)c2)SC1=NC(=O)CC. The molecule has 0 aliphatic carbocycles. The van der Waals surface area contributed by atoms with Crippen LogP contribution in [0.4, 0.5) is 4.39 Å². The first-order valence-electron chi connectivity index (χ1n) is 10.6. The van der Waals surface area contributed by atoms with Crippen molar-refractivity contribution in [1.82, 2.24) is 0 Å². The Bertz CT molecular complexity index is 1240. The minimum Gasteiger partial charge on any atom is -0.506 e. The van der Waals surface area contributed by atoms with Crippen LogP contribution in [0.25, 0.3) is 6.08 Å². The van der Waals surface area contributed by atoms with Gasteiger partial charge in [-0.15, -0.1) is 0 Å². The van der Waals surface area contributed by atoms with Gasteiger partial charge in [0.05, 0.1) is 23.6 Å². The third-order valence-corrected chi connectivity index (χ3v) is 6.08. The number of amides is 1. The van der Waals surface area contributed by atoms with Gasteiger partial charge in [-0.1, -0.05) is 48.5 Å². The number of aliphatic imine (C=N–C) groups is 1. The van der Waals surface area contributed by atoms with Crippen molar-refractivity contribution in [2.75, 3.05) is 13.7 Å². The molecule has 10 heteroatoms. The lowest BCUT2D eigenvalue weighted by Crippen LogP contribution is -2.14. The summed E-state index contributed by atoms with van der Waals surface area (Å²) < 4.78 is 30.1. The zero-order valence-corrected chi connectivity index (χ0v) is 20.8. The Morgan fingerprint density at radius 1 is 1.23 bits per heavy atom. The van der Waals surface area contributed by atoms with E-state index < -0.39 is 17.7 Å². The Balaban J connectivity index is 1.95. The Hall–Kier alpha value is -3.30. The van der Waals surface area contributed by atoms with E-state index in [1.807, 2.05) is 0 Å². The molecule has 184 valence electrons. The number of carbonyl (C=O) groups excluding carboxylic acids is 2. The molecule has 0 saturated heterocycles. The largest absolute Gasteiger partial charge is 0.506 e. The maximum absolute atomic E-state index is 13.9. The number of thioether (sulfide) groups is 1. The number of hydrogen-bond donors (Lipinski definition) is 1. The molecular formula is C25H23ClFNO6S. The van der Waals surface area contributed by atoms with Crippen LogP contribution in [0.15, 0.2) is 57.6 Å². The Labute approximate surface area is 211 Å². The molecular weight excluding hydrogens is 497 g/mol. The molecule has 0 radical (unpaired) electrons. The number of carbonyl (C=O) groups is 2. The normalized spacial score (nSPS) is 15.6. The van der Waals surface area contributed by atoms with Crippen LogP contribution in [0, 0.1) is 5.82 Å². The molecule has 2 aromatic carbocycles. The van der Waals surface area contributed by atoms with Crippen LogP contribution in [-0.2, 0) is 20.9 Å². The van der Waals surface area contributed by atoms with E-state index in [4.69, 9.17) is 25.8 Å². The average Bonchev–Trinajstić information content (AvgIpc) is 3.13. The lowest BCUT2D eigenvalue weighted by atomic mass is 10.1. The highest BCUT2D eigenvalue weighted by Gasteiger charge is 2.33. The zero-order valence-electron chi connectivity index (χ0n) is 19.3. The molecule has 1 N–H and O–H groups in total. The van der Waals surface area contributed by atoms with Crippen LogP contribution in [0.1, 0.15) is 31.4 Å². The standard InChI is InChI=1S/C25H23ClFNO6S/c1-4-20(29)28-24-21(25(31)33-5-2)22(30)19(35-24)12-14-10-16(26)23(18(11-14)32-3)34-13-15-8-6-7-9-17(15)27/h6-12,30H,4-5,13H2,1-3H3/b19-12-,28-24?. The number of benzene rings is 2. The molecule has 2 aromatic rings. The number of hydrogen-bond acceptors (Lipinski definition) is 7. The van der Waals surface area contributed by atoms with Gasteiger partial charge < -0.3 is 19.3 Å². The molecule has 35 heavy (non-hydrogen) atoms. The molecule has 3 rings (SSSR count). The van der Waals surface area contributed by atoms with E-state index in [9.17, 15) is 19.1 Å². The quantitative estimate of drug-likeness (QED) is 0.436. The van der Waals surface area contributed by atoms with Crippen LogP contribution >= 0.6 is 23.4 Å². The second-order valence-corrected chi connectivity index (χ2v) is 8.57. The summed E-state index contributed by atoms with van der Waals surface area (Å²) >= 11 is 7.39. The summed E-state index contributed by atoms with van der Waals surface area (Å²) in [6, 6.07) is 9.40. The average molecular weight is 520 g/mol. The van der Waals surface area contributed by atoms with Gasteiger partial charge in [0, 0.05) is 12.0 Å². The van der Waals surface area contributed by atoms with E-state index in [1.165, 1.54) is 13.2 Å². The molecule has 0 atom stereocenters. The minimum absolute atomic E-state index is 0.0574. The number of aliphatic hydroxyl groups is 1. The van der Waals surface area contributed by atoms with Crippen molar-refractivity contribution in [3.8, 4) is 11.5 Å². The molecule has 0 aromatic heterocycles. The molecule has 0 saturated carbocycles. The van der Waals surface area contributed by atoms with Crippen molar-refractivity contribution >= 4 is 46.4 Å². The van der Waals surface area contributed by atoms with E-state index in [2.05, 4.69) is 4.99 Å². The van der Waals surface area contributed by atoms with Crippen molar-refractivity contribution in [1.29, 1.82) is 0 Å². The van der Waals surface area contributed by atoms with Gasteiger partial charge in [0.25, 0.3) is 0 Å². The smallest absolute Gasteiger partial charge is 0.344 e. The van der Waals surface area contributed by atoms with Gasteiger partial charge in [-0.3, -0.25) is 4.79 Å². The van der Waals surface area contributed by atoms with Crippen LogP contribution in [-0.4, -0.2) is 35.7 Å². The molecule has 0 unspecified atom stereocenters. The highest BCUT2D eigenvalue weighted by Crippen LogP contribution is 2.42. The zero-order chi connectivity index (χ0) is 25.5. The molecule has 0 fully saturated rings. The fourth-order valence-electron chi connectivity index (χ4n) is 3.06. The monoisotopic (exact) mass is 519 g/mol. The number of ether oxygens (including phenoxy) is 3. The van der Waals surface area contributed by atoms with Gasteiger partial charge in [0.15, 0.2) is 11.5 Å².